The van der Waals surface area contributed by atoms with E-state index in [4.69, 9.17) is 0 Å². The molecular formula is C19H22N4O2. The molecule has 0 saturated carbocycles. The molecule has 2 aliphatic rings. The van der Waals surface area contributed by atoms with E-state index < -0.39 is 0 Å². The molecule has 1 aromatic heterocycles. The fourth-order valence-corrected chi connectivity index (χ4v) is 3.83. The average Bonchev–Trinajstić information content (AvgIpc) is 3.07. The second-order valence-corrected chi connectivity index (χ2v) is 6.81. The Morgan fingerprint density at radius 2 is 2.00 bits per heavy atom. The first-order chi connectivity index (χ1) is 12.1. The van der Waals surface area contributed by atoms with Crippen LogP contribution in [0.15, 0.2) is 41.2 Å². The van der Waals surface area contributed by atoms with Crippen LogP contribution in [0.3, 0.4) is 0 Å². The van der Waals surface area contributed by atoms with E-state index in [1.54, 1.807) is 13.1 Å². The molecule has 1 saturated heterocycles. The number of aromatic nitrogens is 2. The summed E-state index contributed by atoms with van der Waals surface area (Å²) >= 11 is 0. The SMILES string of the molecule is Cn1nc(N2CCCC(C(=O)N3CCc4ccccc43)C2)ccc1=O. The topological polar surface area (TPSA) is 58.4 Å². The van der Waals surface area contributed by atoms with Crippen molar-refractivity contribution in [2.45, 2.75) is 19.3 Å². The Bertz CT molecular complexity index is 860. The molecule has 0 radical (unpaired) electrons. The zero-order valence-corrected chi connectivity index (χ0v) is 14.4. The molecule has 6 heteroatoms. The van der Waals surface area contributed by atoms with E-state index in [0.29, 0.717) is 6.54 Å². The third-order valence-corrected chi connectivity index (χ3v) is 5.19. The van der Waals surface area contributed by atoms with Gasteiger partial charge in [0, 0.05) is 38.4 Å². The predicted octanol–water partition coefficient (Wildman–Crippen LogP) is 1.59. The number of anilines is 2. The average molecular weight is 338 g/mol. The fourth-order valence-electron chi connectivity index (χ4n) is 3.83. The normalized spacial score (nSPS) is 19.8. The van der Waals surface area contributed by atoms with Crippen LogP contribution in [-0.4, -0.2) is 35.3 Å². The molecule has 0 N–H and O–H groups in total. The molecule has 0 bridgehead atoms. The number of rotatable bonds is 2. The predicted molar refractivity (Wildman–Crippen MR) is 96.9 cm³/mol. The van der Waals surface area contributed by atoms with Gasteiger partial charge in [-0.1, -0.05) is 18.2 Å². The van der Waals surface area contributed by atoms with E-state index in [2.05, 4.69) is 16.1 Å². The first-order valence-electron chi connectivity index (χ1n) is 8.82. The standard InChI is InChI=1S/C19H22N4O2/c1-21-18(24)9-8-17(20-21)22-11-4-6-15(13-22)19(25)23-12-10-14-5-2-3-7-16(14)23/h2-3,5,7-9,15H,4,6,10-13H2,1H3. The number of hydrogen-bond donors (Lipinski definition) is 0. The summed E-state index contributed by atoms with van der Waals surface area (Å²) in [4.78, 5) is 28.7. The van der Waals surface area contributed by atoms with Gasteiger partial charge >= 0.3 is 0 Å². The number of carbonyl (C=O) groups excluding carboxylic acids is 1. The summed E-state index contributed by atoms with van der Waals surface area (Å²) in [7, 11) is 1.65. The van der Waals surface area contributed by atoms with Gasteiger partial charge in [0.05, 0.1) is 5.92 Å². The minimum atomic E-state index is -0.123. The van der Waals surface area contributed by atoms with Crippen LogP contribution in [0.2, 0.25) is 0 Å². The van der Waals surface area contributed by atoms with E-state index in [1.807, 2.05) is 23.1 Å². The van der Waals surface area contributed by atoms with Crippen LogP contribution in [0.4, 0.5) is 11.5 Å². The molecule has 0 aliphatic carbocycles. The maximum absolute atomic E-state index is 13.1. The van der Waals surface area contributed by atoms with Crippen molar-refractivity contribution in [1.29, 1.82) is 0 Å². The van der Waals surface area contributed by atoms with Gasteiger partial charge in [0.15, 0.2) is 0 Å². The Labute approximate surface area is 146 Å². The zero-order chi connectivity index (χ0) is 17.4. The van der Waals surface area contributed by atoms with E-state index in [-0.39, 0.29) is 17.4 Å². The van der Waals surface area contributed by atoms with Gasteiger partial charge in [0.1, 0.15) is 5.82 Å². The lowest BCUT2D eigenvalue weighted by Gasteiger charge is -2.34. The van der Waals surface area contributed by atoms with Gasteiger partial charge in [0.25, 0.3) is 5.56 Å². The summed E-state index contributed by atoms with van der Waals surface area (Å²) in [5.41, 5.74) is 2.19. The van der Waals surface area contributed by atoms with Crippen molar-refractivity contribution in [3.63, 3.8) is 0 Å². The number of para-hydroxylation sites is 1. The lowest BCUT2D eigenvalue weighted by Crippen LogP contribution is -2.45. The molecule has 130 valence electrons. The first-order valence-corrected chi connectivity index (χ1v) is 8.82. The van der Waals surface area contributed by atoms with Gasteiger partial charge in [0.2, 0.25) is 5.91 Å². The first kappa shape index (κ1) is 15.9. The molecule has 2 aromatic rings. The van der Waals surface area contributed by atoms with Crippen molar-refractivity contribution >= 4 is 17.4 Å². The van der Waals surface area contributed by atoms with Gasteiger partial charge in [-0.2, -0.15) is 5.10 Å². The molecule has 1 atom stereocenters. The fraction of sp³-hybridized carbons (Fsp3) is 0.421. The van der Waals surface area contributed by atoms with Crippen LogP contribution in [-0.2, 0) is 18.3 Å². The quantitative estimate of drug-likeness (QED) is 0.834. The highest BCUT2D eigenvalue weighted by molar-refractivity contribution is 5.97. The second kappa shape index (κ2) is 6.35. The number of carbonyl (C=O) groups is 1. The minimum absolute atomic E-state index is 0.0288. The lowest BCUT2D eigenvalue weighted by molar-refractivity contribution is -0.122. The maximum atomic E-state index is 13.1. The largest absolute Gasteiger partial charge is 0.354 e. The summed E-state index contributed by atoms with van der Waals surface area (Å²) in [6, 6.07) is 11.4. The number of fused-ring (bicyclic) bond motifs is 1. The van der Waals surface area contributed by atoms with Crippen LogP contribution < -0.4 is 15.4 Å². The summed E-state index contributed by atoms with van der Waals surface area (Å²) in [5, 5.41) is 4.33. The van der Waals surface area contributed by atoms with Crippen molar-refractivity contribution in [2.75, 3.05) is 29.4 Å². The highest BCUT2D eigenvalue weighted by Crippen LogP contribution is 2.31. The van der Waals surface area contributed by atoms with Crippen molar-refractivity contribution in [2.24, 2.45) is 13.0 Å². The van der Waals surface area contributed by atoms with Gasteiger partial charge in [-0.3, -0.25) is 9.59 Å². The second-order valence-electron chi connectivity index (χ2n) is 6.81. The third-order valence-electron chi connectivity index (χ3n) is 5.19. The highest BCUT2D eigenvalue weighted by atomic mass is 16.2. The molecule has 1 fully saturated rings. The summed E-state index contributed by atoms with van der Waals surface area (Å²) < 4.78 is 1.34. The molecule has 1 unspecified atom stereocenters. The molecule has 1 aromatic carbocycles. The molecule has 1 amide bonds. The Kier molecular flexibility index (Phi) is 4.03. The van der Waals surface area contributed by atoms with E-state index in [1.165, 1.54) is 16.3 Å². The van der Waals surface area contributed by atoms with Crippen LogP contribution >= 0.6 is 0 Å². The van der Waals surface area contributed by atoms with Gasteiger partial charge in [-0.05, 0) is 37.0 Å². The molecule has 4 rings (SSSR count). The highest BCUT2D eigenvalue weighted by Gasteiger charge is 2.33. The van der Waals surface area contributed by atoms with E-state index in [0.717, 1.165) is 43.9 Å². The third kappa shape index (κ3) is 2.92. The summed E-state index contributed by atoms with van der Waals surface area (Å²) in [5.74, 6) is 0.944. The number of nitrogens with zero attached hydrogens (tertiary/aromatic N) is 4. The molecule has 2 aliphatic heterocycles. The minimum Gasteiger partial charge on any atom is -0.354 e. The molecular weight excluding hydrogens is 316 g/mol. The maximum Gasteiger partial charge on any atom is 0.266 e. The van der Waals surface area contributed by atoms with Crippen LogP contribution in [0, 0.1) is 5.92 Å². The Hall–Kier alpha value is -2.63. The monoisotopic (exact) mass is 338 g/mol. The number of piperidine rings is 1. The number of aryl methyl sites for hydroxylation is 1. The van der Waals surface area contributed by atoms with Gasteiger partial charge < -0.3 is 9.80 Å². The smallest absolute Gasteiger partial charge is 0.266 e. The number of hydrogen-bond acceptors (Lipinski definition) is 4. The van der Waals surface area contributed by atoms with E-state index in [9.17, 15) is 9.59 Å². The molecule has 3 heterocycles. The van der Waals surface area contributed by atoms with Crippen LogP contribution in [0.5, 0.6) is 0 Å². The Morgan fingerprint density at radius 3 is 2.84 bits per heavy atom. The lowest BCUT2D eigenvalue weighted by atomic mass is 9.96. The van der Waals surface area contributed by atoms with Crippen molar-refractivity contribution in [1.82, 2.24) is 9.78 Å². The van der Waals surface area contributed by atoms with E-state index >= 15 is 0 Å². The molecule has 0 spiro atoms. The zero-order valence-electron chi connectivity index (χ0n) is 14.4. The Morgan fingerprint density at radius 1 is 1.16 bits per heavy atom. The van der Waals surface area contributed by atoms with Crippen LogP contribution in [0.1, 0.15) is 18.4 Å². The van der Waals surface area contributed by atoms with Crippen molar-refractivity contribution in [3.8, 4) is 0 Å². The Balaban J connectivity index is 1.52. The molecule has 25 heavy (non-hydrogen) atoms. The summed E-state index contributed by atoms with van der Waals surface area (Å²) in [6.45, 7) is 2.29. The van der Waals surface area contributed by atoms with Gasteiger partial charge in [-0.15, -0.1) is 0 Å². The summed E-state index contributed by atoms with van der Waals surface area (Å²) in [6.07, 6.45) is 2.79. The van der Waals surface area contributed by atoms with Crippen molar-refractivity contribution < 1.29 is 4.79 Å². The van der Waals surface area contributed by atoms with Gasteiger partial charge in [-0.25, -0.2) is 4.68 Å². The van der Waals surface area contributed by atoms with Crippen molar-refractivity contribution in [3.05, 3.63) is 52.3 Å². The molecule has 6 nitrogen and oxygen atoms in total. The van der Waals surface area contributed by atoms with Crippen LogP contribution in [0.25, 0.3) is 0 Å². The number of amides is 1. The number of benzene rings is 1.